The zero-order valence-electron chi connectivity index (χ0n) is 10.2. The Balaban J connectivity index is 1.72. The lowest BCUT2D eigenvalue weighted by molar-refractivity contribution is 0.326. The van der Waals surface area contributed by atoms with Crippen molar-refractivity contribution in [3.05, 3.63) is 33.8 Å². The van der Waals surface area contributed by atoms with Crippen molar-refractivity contribution in [2.75, 3.05) is 6.54 Å². The van der Waals surface area contributed by atoms with Gasteiger partial charge >= 0.3 is 0 Å². The average Bonchev–Trinajstić information content (AvgIpc) is 2.28. The summed E-state index contributed by atoms with van der Waals surface area (Å²) in [5, 5.41) is 3.73. The van der Waals surface area contributed by atoms with E-state index in [1.165, 1.54) is 49.5 Å². The summed E-state index contributed by atoms with van der Waals surface area (Å²) >= 11 is 3.69. The van der Waals surface area contributed by atoms with Gasteiger partial charge < -0.3 is 5.32 Å². The van der Waals surface area contributed by atoms with Crippen LogP contribution < -0.4 is 5.32 Å². The van der Waals surface area contributed by atoms with Crippen LogP contribution in [-0.2, 0) is 6.42 Å². The maximum atomic E-state index is 3.73. The Kier molecular flexibility index (Phi) is 3.53. The van der Waals surface area contributed by atoms with E-state index in [-0.39, 0.29) is 0 Å². The van der Waals surface area contributed by atoms with Crippen molar-refractivity contribution in [2.24, 2.45) is 0 Å². The number of nitrogens with one attached hydrogen (secondary N) is 1. The van der Waals surface area contributed by atoms with Crippen LogP contribution in [0.15, 0.2) is 22.7 Å². The molecule has 1 N–H and O–H groups in total. The molecule has 0 aromatic heterocycles. The Labute approximate surface area is 112 Å². The molecule has 0 aliphatic heterocycles. The molecule has 17 heavy (non-hydrogen) atoms. The molecule has 0 saturated heterocycles. The summed E-state index contributed by atoms with van der Waals surface area (Å²) in [4.78, 5) is 0. The van der Waals surface area contributed by atoms with Crippen LogP contribution >= 0.6 is 15.9 Å². The molecule has 1 aromatic rings. The second-order valence-electron chi connectivity index (χ2n) is 5.43. The second-order valence-corrected chi connectivity index (χ2v) is 6.29. The van der Waals surface area contributed by atoms with E-state index in [9.17, 15) is 0 Å². The molecule has 2 aliphatic rings. The molecular formula is C15H20BrN. The van der Waals surface area contributed by atoms with Crippen LogP contribution in [0, 0.1) is 0 Å². The smallest absolute Gasteiger partial charge is 0.0210 e. The third-order valence-electron chi connectivity index (χ3n) is 4.33. The van der Waals surface area contributed by atoms with Gasteiger partial charge in [-0.2, -0.15) is 0 Å². The molecule has 0 heterocycles. The van der Waals surface area contributed by atoms with Crippen molar-refractivity contribution in [1.82, 2.24) is 5.32 Å². The maximum Gasteiger partial charge on any atom is 0.0210 e. The van der Waals surface area contributed by atoms with Gasteiger partial charge in [0.05, 0.1) is 0 Å². The summed E-state index contributed by atoms with van der Waals surface area (Å²) in [7, 11) is 0. The first-order valence-electron chi connectivity index (χ1n) is 6.85. The lowest BCUT2D eigenvalue weighted by atomic mass is 9.82. The SMILES string of the molecule is Brc1cccc2c1CCCC2CNC1CCC1. The number of hydrogen-bond acceptors (Lipinski definition) is 1. The Morgan fingerprint density at radius 2 is 2.06 bits per heavy atom. The van der Waals surface area contributed by atoms with E-state index < -0.39 is 0 Å². The highest BCUT2D eigenvalue weighted by Crippen LogP contribution is 2.35. The second kappa shape index (κ2) is 5.11. The lowest BCUT2D eigenvalue weighted by Gasteiger charge is -2.31. The molecule has 0 spiro atoms. The van der Waals surface area contributed by atoms with Gasteiger partial charge in [0, 0.05) is 17.1 Å². The molecule has 92 valence electrons. The van der Waals surface area contributed by atoms with Crippen LogP contribution in [0.25, 0.3) is 0 Å². The molecule has 2 aliphatic carbocycles. The molecule has 1 fully saturated rings. The normalized spacial score (nSPS) is 24.2. The zero-order chi connectivity index (χ0) is 11.7. The van der Waals surface area contributed by atoms with Gasteiger partial charge in [-0.25, -0.2) is 0 Å². The first-order valence-corrected chi connectivity index (χ1v) is 7.64. The van der Waals surface area contributed by atoms with Crippen molar-refractivity contribution in [3.63, 3.8) is 0 Å². The fraction of sp³-hybridized carbons (Fsp3) is 0.600. The van der Waals surface area contributed by atoms with Gasteiger partial charge in [0.15, 0.2) is 0 Å². The Morgan fingerprint density at radius 1 is 1.18 bits per heavy atom. The number of fused-ring (bicyclic) bond motifs is 1. The van der Waals surface area contributed by atoms with Gasteiger partial charge in [-0.15, -0.1) is 0 Å². The van der Waals surface area contributed by atoms with Crippen LogP contribution in [0.4, 0.5) is 0 Å². The van der Waals surface area contributed by atoms with Gasteiger partial charge in [0.2, 0.25) is 0 Å². The van der Waals surface area contributed by atoms with Crippen LogP contribution in [0.5, 0.6) is 0 Å². The highest BCUT2D eigenvalue weighted by Gasteiger charge is 2.23. The Bertz CT molecular complexity index is 398. The van der Waals surface area contributed by atoms with E-state index >= 15 is 0 Å². The predicted molar refractivity (Wildman–Crippen MR) is 75.5 cm³/mol. The van der Waals surface area contributed by atoms with Crippen LogP contribution in [0.1, 0.15) is 49.1 Å². The van der Waals surface area contributed by atoms with Crippen LogP contribution in [-0.4, -0.2) is 12.6 Å². The molecule has 1 unspecified atom stereocenters. The van der Waals surface area contributed by atoms with Crippen molar-refractivity contribution in [2.45, 2.75) is 50.5 Å². The van der Waals surface area contributed by atoms with Crippen molar-refractivity contribution >= 4 is 15.9 Å². The number of halogens is 1. The molecule has 0 radical (unpaired) electrons. The van der Waals surface area contributed by atoms with Crippen LogP contribution in [0.3, 0.4) is 0 Å². The fourth-order valence-corrected chi connectivity index (χ4v) is 3.62. The quantitative estimate of drug-likeness (QED) is 0.888. The molecule has 1 aromatic carbocycles. The third-order valence-corrected chi connectivity index (χ3v) is 5.08. The largest absolute Gasteiger partial charge is 0.313 e. The summed E-state index contributed by atoms with van der Waals surface area (Å²) in [5.41, 5.74) is 3.14. The van der Waals surface area contributed by atoms with E-state index in [4.69, 9.17) is 0 Å². The monoisotopic (exact) mass is 293 g/mol. The van der Waals surface area contributed by atoms with Crippen molar-refractivity contribution in [3.8, 4) is 0 Å². The molecule has 1 nitrogen and oxygen atoms in total. The maximum absolute atomic E-state index is 3.73. The lowest BCUT2D eigenvalue weighted by Crippen LogP contribution is -2.38. The van der Waals surface area contributed by atoms with Gasteiger partial charge in [0.1, 0.15) is 0 Å². The van der Waals surface area contributed by atoms with Gasteiger partial charge in [-0.1, -0.05) is 34.5 Å². The van der Waals surface area contributed by atoms with Gasteiger partial charge in [-0.3, -0.25) is 0 Å². The Hall–Kier alpha value is -0.340. The zero-order valence-corrected chi connectivity index (χ0v) is 11.8. The van der Waals surface area contributed by atoms with E-state index in [1.54, 1.807) is 11.1 Å². The minimum Gasteiger partial charge on any atom is -0.313 e. The molecule has 1 atom stereocenters. The standard InChI is InChI=1S/C15H20BrN/c16-15-9-3-7-13-11(4-1-8-14(13)15)10-17-12-5-2-6-12/h3,7,9,11-12,17H,1-2,4-6,8,10H2. The minimum atomic E-state index is 0.733. The topological polar surface area (TPSA) is 12.0 Å². The highest BCUT2D eigenvalue weighted by atomic mass is 79.9. The summed E-state index contributed by atoms with van der Waals surface area (Å²) in [6.45, 7) is 1.17. The van der Waals surface area contributed by atoms with Gasteiger partial charge in [-0.05, 0) is 55.2 Å². The summed E-state index contributed by atoms with van der Waals surface area (Å²) in [5.74, 6) is 0.733. The fourth-order valence-electron chi connectivity index (χ4n) is 3.04. The average molecular weight is 294 g/mol. The van der Waals surface area contributed by atoms with Gasteiger partial charge in [0.25, 0.3) is 0 Å². The Morgan fingerprint density at radius 3 is 2.82 bits per heavy atom. The first-order chi connectivity index (χ1) is 8.34. The molecule has 0 bridgehead atoms. The molecule has 3 rings (SSSR count). The summed E-state index contributed by atoms with van der Waals surface area (Å²) in [6.07, 6.45) is 8.13. The van der Waals surface area contributed by atoms with Crippen molar-refractivity contribution < 1.29 is 0 Å². The molecular weight excluding hydrogens is 274 g/mol. The summed E-state index contributed by atoms with van der Waals surface area (Å²) < 4.78 is 1.31. The van der Waals surface area contributed by atoms with E-state index in [1.807, 2.05) is 0 Å². The molecule has 2 heteroatoms. The molecule has 1 saturated carbocycles. The minimum absolute atomic E-state index is 0.733. The van der Waals surface area contributed by atoms with Crippen molar-refractivity contribution in [1.29, 1.82) is 0 Å². The van der Waals surface area contributed by atoms with E-state index in [2.05, 4.69) is 39.4 Å². The number of rotatable bonds is 3. The first kappa shape index (κ1) is 11.7. The van der Waals surface area contributed by atoms with E-state index in [0.29, 0.717) is 0 Å². The summed E-state index contributed by atoms with van der Waals surface area (Å²) in [6, 6.07) is 7.50. The highest BCUT2D eigenvalue weighted by molar-refractivity contribution is 9.10. The van der Waals surface area contributed by atoms with Crippen LogP contribution in [0.2, 0.25) is 0 Å². The number of hydrogen-bond donors (Lipinski definition) is 1. The molecule has 0 amide bonds. The number of benzene rings is 1. The third kappa shape index (κ3) is 2.43. The predicted octanol–water partition coefficient (Wildman–Crippen LogP) is 4.01. The van der Waals surface area contributed by atoms with E-state index in [0.717, 1.165) is 12.0 Å².